The Bertz CT molecular complexity index is 215. The summed E-state index contributed by atoms with van der Waals surface area (Å²) in [6, 6.07) is 0.512. The summed E-state index contributed by atoms with van der Waals surface area (Å²) >= 11 is 0. The van der Waals surface area contributed by atoms with Gasteiger partial charge in [0.15, 0.2) is 0 Å². The zero-order chi connectivity index (χ0) is 9.42. The molecule has 1 fully saturated rings. The van der Waals surface area contributed by atoms with E-state index in [1.807, 2.05) is 0 Å². The summed E-state index contributed by atoms with van der Waals surface area (Å²) in [6.45, 7) is 0. The molecule has 0 radical (unpaired) electrons. The van der Waals surface area contributed by atoms with Gasteiger partial charge in [0.1, 0.15) is 24.4 Å². The van der Waals surface area contributed by atoms with Crippen LogP contribution in [-0.2, 0) is 0 Å². The van der Waals surface area contributed by atoms with Gasteiger partial charge in [-0.05, 0) is 6.08 Å². The molecular formula is C9H16NO3+. The number of aliphatic hydroxyl groups excluding tert-OH is 3. The maximum atomic E-state index is 9.59. The van der Waals surface area contributed by atoms with Gasteiger partial charge < -0.3 is 20.6 Å². The number of aliphatic hydroxyl groups is 3. The van der Waals surface area contributed by atoms with Crippen molar-refractivity contribution in [2.75, 3.05) is 0 Å². The molecule has 0 saturated heterocycles. The van der Waals surface area contributed by atoms with Crippen LogP contribution in [0.4, 0.5) is 0 Å². The lowest BCUT2D eigenvalue weighted by atomic mass is 9.94. The van der Waals surface area contributed by atoms with Crippen LogP contribution in [0.3, 0.4) is 0 Å². The maximum Gasteiger partial charge on any atom is 0.138 e. The lowest BCUT2D eigenvalue weighted by molar-refractivity contribution is -0.700. The minimum atomic E-state index is -1.04. The van der Waals surface area contributed by atoms with Gasteiger partial charge in [-0.3, -0.25) is 0 Å². The Hall–Kier alpha value is -0.420. The zero-order valence-electron chi connectivity index (χ0n) is 7.37. The highest BCUT2D eigenvalue weighted by Crippen LogP contribution is 2.16. The van der Waals surface area contributed by atoms with E-state index in [1.165, 1.54) is 12.8 Å². The number of nitrogens with two attached hydrogens (primary N) is 1. The molecular weight excluding hydrogens is 170 g/mol. The van der Waals surface area contributed by atoms with Gasteiger partial charge in [0.05, 0.1) is 6.04 Å². The van der Waals surface area contributed by atoms with Crippen LogP contribution in [0, 0.1) is 0 Å². The molecule has 0 aromatic carbocycles. The molecule has 4 nitrogen and oxygen atoms in total. The van der Waals surface area contributed by atoms with Gasteiger partial charge in [-0.1, -0.05) is 6.08 Å². The van der Waals surface area contributed by atoms with Crippen LogP contribution in [0.5, 0.6) is 0 Å². The lowest BCUT2D eigenvalue weighted by Gasteiger charge is -2.29. The summed E-state index contributed by atoms with van der Waals surface area (Å²) in [6.07, 6.45) is 2.91. The number of quaternary nitrogens is 1. The van der Waals surface area contributed by atoms with Crippen molar-refractivity contribution in [1.29, 1.82) is 0 Å². The Balaban J connectivity index is 1.98. The third kappa shape index (κ3) is 1.91. The Morgan fingerprint density at radius 1 is 1.00 bits per heavy atom. The Labute approximate surface area is 76.9 Å². The second kappa shape index (κ2) is 3.38. The van der Waals surface area contributed by atoms with Crippen LogP contribution in [0.15, 0.2) is 12.2 Å². The fraction of sp³-hybridized carbons (Fsp3) is 0.778. The van der Waals surface area contributed by atoms with Crippen molar-refractivity contribution < 1.29 is 20.6 Å². The van der Waals surface area contributed by atoms with Crippen LogP contribution in [0.25, 0.3) is 0 Å². The van der Waals surface area contributed by atoms with E-state index in [0.717, 1.165) is 0 Å². The van der Waals surface area contributed by atoms with Gasteiger partial charge in [0.25, 0.3) is 0 Å². The molecule has 1 saturated carbocycles. The summed E-state index contributed by atoms with van der Waals surface area (Å²) in [5.41, 5.74) is 0. The second-order valence-corrected chi connectivity index (χ2v) is 3.96. The number of hydrogen-bond donors (Lipinski definition) is 4. The molecule has 0 aromatic heterocycles. The molecule has 74 valence electrons. The Morgan fingerprint density at radius 2 is 1.69 bits per heavy atom. The van der Waals surface area contributed by atoms with E-state index in [4.69, 9.17) is 0 Å². The summed E-state index contributed by atoms with van der Waals surface area (Å²) in [4.78, 5) is 0. The number of rotatable bonds is 2. The number of hydrogen-bond acceptors (Lipinski definition) is 3. The van der Waals surface area contributed by atoms with E-state index in [1.54, 1.807) is 12.2 Å². The van der Waals surface area contributed by atoms with E-state index < -0.39 is 18.3 Å². The molecule has 4 heteroatoms. The van der Waals surface area contributed by atoms with Crippen LogP contribution in [0.2, 0.25) is 0 Å². The van der Waals surface area contributed by atoms with Crippen molar-refractivity contribution in [2.45, 2.75) is 43.2 Å². The van der Waals surface area contributed by atoms with Crippen molar-refractivity contribution >= 4 is 0 Å². The monoisotopic (exact) mass is 186 g/mol. The second-order valence-electron chi connectivity index (χ2n) is 3.96. The van der Waals surface area contributed by atoms with Crippen molar-refractivity contribution in [1.82, 2.24) is 0 Å². The third-order valence-electron chi connectivity index (χ3n) is 2.74. The minimum absolute atomic E-state index is 0.0918. The van der Waals surface area contributed by atoms with Gasteiger partial charge in [-0.15, -0.1) is 0 Å². The first-order valence-electron chi connectivity index (χ1n) is 4.76. The van der Waals surface area contributed by atoms with Gasteiger partial charge in [0.2, 0.25) is 0 Å². The van der Waals surface area contributed by atoms with Crippen LogP contribution >= 0.6 is 0 Å². The molecule has 3 unspecified atom stereocenters. The van der Waals surface area contributed by atoms with Gasteiger partial charge in [-0.25, -0.2) is 0 Å². The quantitative estimate of drug-likeness (QED) is 0.367. The summed E-state index contributed by atoms with van der Waals surface area (Å²) in [5, 5.41) is 30.2. The van der Waals surface area contributed by atoms with Crippen LogP contribution in [-0.4, -0.2) is 45.7 Å². The minimum Gasteiger partial charge on any atom is -0.387 e. The standard InChI is InChI=1S/C9H15NO3/c11-7-4-3-6(8(12)9(7)13)10-5-1-2-5/h3-13H,1-2H2/p+1/t6?,7?,8?,9-/m0/s1. The molecule has 0 spiro atoms. The first-order chi connectivity index (χ1) is 6.18. The molecule has 2 rings (SSSR count). The van der Waals surface area contributed by atoms with Crippen molar-refractivity contribution in [2.24, 2.45) is 0 Å². The summed E-state index contributed by atoms with van der Waals surface area (Å²) < 4.78 is 0. The fourth-order valence-electron chi connectivity index (χ4n) is 1.68. The van der Waals surface area contributed by atoms with Gasteiger partial charge >= 0.3 is 0 Å². The Morgan fingerprint density at radius 3 is 2.31 bits per heavy atom. The highest BCUT2D eigenvalue weighted by Gasteiger charge is 2.38. The molecule has 2 aliphatic rings. The highest BCUT2D eigenvalue weighted by molar-refractivity contribution is 5.07. The zero-order valence-corrected chi connectivity index (χ0v) is 7.37. The Kier molecular flexibility index (Phi) is 2.38. The largest absolute Gasteiger partial charge is 0.387 e. The fourth-order valence-corrected chi connectivity index (χ4v) is 1.68. The average Bonchev–Trinajstić information content (AvgIpc) is 2.90. The topological polar surface area (TPSA) is 77.3 Å². The molecule has 0 bridgehead atoms. The highest BCUT2D eigenvalue weighted by atomic mass is 16.4. The van der Waals surface area contributed by atoms with Crippen molar-refractivity contribution in [3.05, 3.63) is 12.2 Å². The van der Waals surface area contributed by atoms with Gasteiger partial charge in [-0.2, -0.15) is 0 Å². The lowest BCUT2D eigenvalue weighted by Crippen LogP contribution is -2.94. The maximum absolute atomic E-state index is 9.59. The van der Waals surface area contributed by atoms with Crippen molar-refractivity contribution in [3.8, 4) is 0 Å². The average molecular weight is 186 g/mol. The van der Waals surface area contributed by atoms with Crippen LogP contribution in [0.1, 0.15) is 12.8 Å². The molecule has 0 heterocycles. The molecule has 0 aromatic rings. The summed E-state index contributed by atoms with van der Waals surface area (Å²) in [5.74, 6) is 0. The SMILES string of the molecule is OC1C=CC([NH2+]C2CC2)C(O)[C@H]1O. The van der Waals surface area contributed by atoms with E-state index >= 15 is 0 Å². The molecule has 2 aliphatic carbocycles. The molecule has 0 amide bonds. The molecule has 13 heavy (non-hydrogen) atoms. The van der Waals surface area contributed by atoms with E-state index in [-0.39, 0.29) is 6.04 Å². The van der Waals surface area contributed by atoms with Gasteiger partial charge in [0, 0.05) is 12.8 Å². The normalized spacial score (nSPS) is 45.2. The molecule has 0 aliphatic heterocycles. The molecule has 4 atom stereocenters. The predicted octanol–water partition coefficient (Wildman–Crippen LogP) is -2.27. The van der Waals surface area contributed by atoms with E-state index in [9.17, 15) is 15.3 Å². The smallest absolute Gasteiger partial charge is 0.138 e. The van der Waals surface area contributed by atoms with E-state index in [2.05, 4.69) is 5.32 Å². The van der Waals surface area contributed by atoms with Crippen molar-refractivity contribution in [3.63, 3.8) is 0 Å². The van der Waals surface area contributed by atoms with Crippen LogP contribution < -0.4 is 5.32 Å². The predicted molar refractivity (Wildman–Crippen MR) is 45.9 cm³/mol. The first kappa shape index (κ1) is 9.15. The first-order valence-corrected chi connectivity index (χ1v) is 4.76. The third-order valence-corrected chi connectivity index (χ3v) is 2.74. The van der Waals surface area contributed by atoms with E-state index in [0.29, 0.717) is 6.04 Å². The summed E-state index contributed by atoms with van der Waals surface area (Å²) in [7, 11) is 0. The molecule has 5 N–H and O–H groups in total.